The average molecular weight is 1330 g/mol. The monoisotopic (exact) mass is 1330 g/mol. The molecule has 0 fully saturated rings. The van der Waals surface area contributed by atoms with E-state index in [9.17, 15) is 0 Å². The summed E-state index contributed by atoms with van der Waals surface area (Å²) in [5.41, 5.74) is 23.8. The lowest BCUT2D eigenvalue weighted by atomic mass is 9.94. The summed E-state index contributed by atoms with van der Waals surface area (Å²) in [6.07, 6.45) is 4.36. The van der Waals surface area contributed by atoms with Crippen molar-refractivity contribution in [3.05, 3.63) is 376 Å². The van der Waals surface area contributed by atoms with Crippen molar-refractivity contribution in [3.63, 3.8) is 0 Å². The first-order valence-electron chi connectivity index (χ1n) is 35.2. The molecule has 21 rings (SSSR count). The minimum absolute atomic E-state index is 0.690. The quantitative estimate of drug-likeness (QED) is 0.137. The Morgan fingerprint density at radius 2 is 0.567 bits per heavy atom. The van der Waals surface area contributed by atoms with E-state index in [4.69, 9.17) is 19.9 Å². The van der Waals surface area contributed by atoms with Gasteiger partial charge in [0.1, 0.15) is 0 Å². The van der Waals surface area contributed by atoms with Crippen molar-refractivity contribution in [1.82, 2.24) is 38.2 Å². The molecule has 0 radical (unpaired) electrons. The van der Waals surface area contributed by atoms with Gasteiger partial charge in [0.05, 0.1) is 55.5 Å². The second-order valence-electron chi connectivity index (χ2n) is 26.6. The molecule has 8 heteroatoms. The number of aromatic nitrogens is 8. The fraction of sp³-hybridized carbons (Fsp3) is 0. The van der Waals surface area contributed by atoms with Crippen LogP contribution in [0.5, 0.6) is 0 Å². The molecule has 0 amide bonds. The zero-order chi connectivity index (χ0) is 68.6. The Morgan fingerprint density at radius 1 is 0.192 bits per heavy atom. The standard InChI is InChI=1S/C52H34N4.C44H28N4/c1-4-15-35(16-5-1)38-31-39(36-17-6-2-7-18-36)33-40(32-38)51-43-23-10-12-25-46(43)53-52(54-51)37-19-14-22-42(34-37)56-48-26-13-11-24-44(48)50-45-29-30-55(41-20-8-3-9-21-41)47(45)27-28-49(50)56;1-2-14-33(15-3-1)47-26-25-37-39(47)23-24-41-42(37)36-18-7-9-20-40(36)48(41)34-16-10-13-32(28-34)44-45-38-19-8-6-17-35(38)43(46-44)31-22-21-29-11-4-5-12-30(29)27-31/h1-34H;1-28H. The van der Waals surface area contributed by atoms with Gasteiger partial charge in [-0.05, 0) is 166 Å². The van der Waals surface area contributed by atoms with E-state index in [0.717, 1.165) is 111 Å². The molecule has 0 unspecified atom stereocenters. The predicted octanol–water partition coefficient (Wildman–Crippen LogP) is 24.5. The molecule has 6 aromatic heterocycles. The van der Waals surface area contributed by atoms with Crippen molar-refractivity contribution in [2.45, 2.75) is 0 Å². The van der Waals surface area contributed by atoms with Crippen molar-refractivity contribution < 1.29 is 0 Å². The molecule has 0 aliphatic heterocycles. The van der Waals surface area contributed by atoms with Crippen LogP contribution in [-0.4, -0.2) is 38.2 Å². The zero-order valence-corrected chi connectivity index (χ0v) is 56.4. The summed E-state index contributed by atoms with van der Waals surface area (Å²) in [6, 6.07) is 129. The lowest BCUT2D eigenvalue weighted by Crippen LogP contribution is -1.98. The van der Waals surface area contributed by atoms with E-state index in [2.05, 4.69) is 389 Å². The molecule has 486 valence electrons. The second-order valence-corrected chi connectivity index (χ2v) is 26.6. The summed E-state index contributed by atoms with van der Waals surface area (Å²) in [5.74, 6) is 1.40. The molecular formula is C96H62N8. The Hall–Kier alpha value is -14.1. The van der Waals surface area contributed by atoms with Crippen molar-refractivity contribution in [2.24, 2.45) is 0 Å². The summed E-state index contributed by atoms with van der Waals surface area (Å²) in [4.78, 5) is 20.9. The maximum atomic E-state index is 5.41. The summed E-state index contributed by atoms with van der Waals surface area (Å²) in [6.45, 7) is 0. The van der Waals surface area contributed by atoms with Crippen LogP contribution in [0.2, 0.25) is 0 Å². The summed E-state index contributed by atoms with van der Waals surface area (Å²) in [5, 5.41) is 11.9. The van der Waals surface area contributed by atoms with E-state index in [-0.39, 0.29) is 0 Å². The van der Waals surface area contributed by atoms with Gasteiger partial charge in [0.15, 0.2) is 11.6 Å². The minimum atomic E-state index is 0.690. The Bertz CT molecular complexity index is 6850. The number of hydrogen-bond donors (Lipinski definition) is 0. The maximum absolute atomic E-state index is 5.41. The Balaban J connectivity index is 0.000000140. The molecule has 0 saturated heterocycles. The van der Waals surface area contributed by atoms with Gasteiger partial charge in [-0.15, -0.1) is 0 Å². The van der Waals surface area contributed by atoms with E-state index in [1.807, 2.05) is 6.07 Å². The molecule has 21 aromatic rings. The molecule has 0 spiro atoms. The van der Waals surface area contributed by atoms with Gasteiger partial charge in [-0.25, -0.2) is 19.9 Å². The largest absolute Gasteiger partial charge is 0.317 e. The van der Waals surface area contributed by atoms with Crippen molar-refractivity contribution in [3.8, 4) is 90.3 Å². The van der Waals surface area contributed by atoms with Gasteiger partial charge in [-0.1, -0.05) is 231 Å². The molecule has 0 aliphatic rings. The van der Waals surface area contributed by atoms with E-state index >= 15 is 0 Å². The third-order valence-corrected chi connectivity index (χ3v) is 20.5. The Labute approximate surface area is 599 Å². The van der Waals surface area contributed by atoms with Gasteiger partial charge in [0.2, 0.25) is 0 Å². The molecule has 0 saturated carbocycles. The third-order valence-electron chi connectivity index (χ3n) is 20.5. The highest BCUT2D eigenvalue weighted by atomic mass is 15.0. The topological polar surface area (TPSA) is 71.3 Å². The van der Waals surface area contributed by atoms with Crippen molar-refractivity contribution in [2.75, 3.05) is 0 Å². The van der Waals surface area contributed by atoms with Gasteiger partial charge < -0.3 is 18.3 Å². The number of nitrogens with zero attached hydrogens (tertiary/aromatic N) is 8. The highest BCUT2D eigenvalue weighted by Crippen LogP contribution is 2.43. The van der Waals surface area contributed by atoms with E-state index < -0.39 is 0 Å². The first kappa shape index (κ1) is 59.9. The molecule has 104 heavy (non-hydrogen) atoms. The SMILES string of the molecule is c1ccc(-c2cc(-c3ccccc3)cc(-c3nc(-c4cccc(-n5c6ccccc6c6c7ccn(-c8ccccc8)c7ccc65)c4)nc4ccccc34)c2)cc1.c1ccc(-n2ccc3c4c5ccccc5n(-c5cccc(-c6nc(-c7ccc8ccccc8c7)c7ccccc7n6)c5)c4ccc32)cc1. The van der Waals surface area contributed by atoms with Gasteiger partial charge in [-0.2, -0.15) is 0 Å². The van der Waals surface area contributed by atoms with Crippen LogP contribution < -0.4 is 0 Å². The molecule has 0 atom stereocenters. The van der Waals surface area contributed by atoms with Crippen LogP contribution in [0.25, 0.3) is 188 Å². The normalized spacial score (nSPS) is 11.7. The molecule has 6 heterocycles. The van der Waals surface area contributed by atoms with Crippen LogP contribution in [0.3, 0.4) is 0 Å². The predicted molar refractivity (Wildman–Crippen MR) is 432 cm³/mol. The van der Waals surface area contributed by atoms with E-state index in [0.29, 0.717) is 11.6 Å². The van der Waals surface area contributed by atoms with Crippen molar-refractivity contribution in [1.29, 1.82) is 0 Å². The summed E-state index contributed by atoms with van der Waals surface area (Å²) >= 11 is 0. The number of rotatable bonds is 10. The lowest BCUT2D eigenvalue weighted by Gasteiger charge is -2.14. The highest BCUT2D eigenvalue weighted by Gasteiger charge is 2.22. The number of hydrogen-bond acceptors (Lipinski definition) is 4. The van der Waals surface area contributed by atoms with Crippen LogP contribution in [0.15, 0.2) is 376 Å². The van der Waals surface area contributed by atoms with Gasteiger partial charge in [-0.3, -0.25) is 0 Å². The molecule has 0 bridgehead atoms. The number of para-hydroxylation sites is 6. The number of benzene rings is 15. The van der Waals surface area contributed by atoms with Crippen LogP contribution in [-0.2, 0) is 0 Å². The van der Waals surface area contributed by atoms with Crippen LogP contribution >= 0.6 is 0 Å². The number of fused-ring (bicyclic) bond motifs is 13. The second kappa shape index (κ2) is 25.0. The van der Waals surface area contributed by atoms with Crippen LogP contribution in [0.1, 0.15) is 0 Å². The maximum Gasteiger partial charge on any atom is 0.160 e. The zero-order valence-electron chi connectivity index (χ0n) is 56.4. The van der Waals surface area contributed by atoms with Crippen LogP contribution in [0.4, 0.5) is 0 Å². The molecule has 0 N–H and O–H groups in total. The fourth-order valence-electron chi connectivity index (χ4n) is 15.7. The highest BCUT2D eigenvalue weighted by molar-refractivity contribution is 6.22. The Morgan fingerprint density at radius 3 is 1.07 bits per heavy atom. The third kappa shape index (κ3) is 10.3. The van der Waals surface area contributed by atoms with Crippen LogP contribution in [0, 0.1) is 0 Å². The van der Waals surface area contributed by atoms with E-state index in [1.54, 1.807) is 0 Å². The Kier molecular flexibility index (Phi) is 14.4. The summed E-state index contributed by atoms with van der Waals surface area (Å²) < 4.78 is 9.30. The average Bonchev–Trinajstić information content (AvgIpc) is 1.56. The minimum Gasteiger partial charge on any atom is -0.317 e. The van der Waals surface area contributed by atoms with E-state index in [1.165, 1.54) is 65.2 Å². The molecule has 0 aliphatic carbocycles. The molecular weight excluding hydrogens is 1270 g/mol. The van der Waals surface area contributed by atoms with Gasteiger partial charge in [0, 0.05) is 100 Å². The molecule has 15 aromatic carbocycles. The molecule has 8 nitrogen and oxygen atoms in total. The fourth-order valence-corrected chi connectivity index (χ4v) is 15.7. The van der Waals surface area contributed by atoms with Gasteiger partial charge in [0.25, 0.3) is 0 Å². The van der Waals surface area contributed by atoms with Crippen molar-refractivity contribution >= 4 is 98.0 Å². The smallest absolute Gasteiger partial charge is 0.160 e. The van der Waals surface area contributed by atoms with Gasteiger partial charge >= 0.3 is 0 Å². The first-order valence-corrected chi connectivity index (χ1v) is 35.2. The lowest BCUT2D eigenvalue weighted by molar-refractivity contribution is 1.13. The first-order chi connectivity index (χ1) is 51.6. The summed E-state index contributed by atoms with van der Waals surface area (Å²) in [7, 11) is 0.